The molecule has 0 aliphatic carbocycles. The molecular formula is C24H36IN5O2. The monoisotopic (exact) mass is 553 g/mol. The van der Waals surface area contributed by atoms with Crippen LogP contribution in [0.3, 0.4) is 0 Å². The number of pyridine rings is 1. The molecule has 0 saturated carbocycles. The molecule has 1 aromatic carbocycles. The zero-order valence-corrected chi connectivity index (χ0v) is 22.0. The van der Waals surface area contributed by atoms with Gasteiger partial charge in [0.1, 0.15) is 17.7 Å². The third kappa shape index (κ3) is 7.81. The van der Waals surface area contributed by atoms with Gasteiger partial charge in [0.2, 0.25) is 0 Å². The number of aromatic nitrogens is 1. The van der Waals surface area contributed by atoms with E-state index in [0.29, 0.717) is 13.1 Å². The summed E-state index contributed by atoms with van der Waals surface area (Å²) in [5.41, 5.74) is 2.24. The second-order valence-corrected chi connectivity index (χ2v) is 8.19. The molecule has 2 N–H and O–H groups in total. The smallest absolute Gasteiger partial charge is 0.191 e. The van der Waals surface area contributed by atoms with Gasteiger partial charge in [0.25, 0.3) is 0 Å². The van der Waals surface area contributed by atoms with Crippen LogP contribution in [0.15, 0.2) is 47.6 Å². The summed E-state index contributed by atoms with van der Waals surface area (Å²) in [6, 6.07) is 12.2. The summed E-state index contributed by atoms with van der Waals surface area (Å²) in [5.74, 6) is 2.64. The number of nitrogens with zero attached hydrogens (tertiary/aromatic N) is 3. The van der Waals surface area contributed by atoms with Gasteiger partial charge in [0.05, 0.1) is 18.8 Å². The molecule has 0 bridgehead atoms. The standard InChI is InChI=1S/C24H35N5O2.HI/c1-17-8-6-7-9-22(17)31-18(2)12-27-24(25-5)28-14-21-10-11-23(26-13-21)29-15-19(3)30-20(4)16-29;/h6-11,13,18-20H,12,14-16H2,1-5H3,(H2,25,27,28);1H. The maximum absolute atomic E-state index is 6.02. The van der Waals surface area contributed by atoms with E-state index in [9.17, 15) is 0 Å². The van der Waals surface area contributed by atoms with Gasteiger partial charge in [-0.05, 0) is 51.0 Å². The lowest BCUT2D eigenvalue weighted by Crippen LogP contribution is -2.45. The van der Waals surface area contributed by atoms with Gasteiger partial charge in [-0.3, -0.25) is 4.99 Å². The summed E-state index contributed by atoms with van der Waals surface area (Å²) in [4.78, 5) is 11.2. The largest absolute Gasteiger partial charge is 0.489 e. The summed E-state index contributed by atoms with van der Waals surface area (Å²) in [5, 5.41) is 6.66. The van der Waals surface area contributed by atoms with Crippen LogP contribution in [0, 0.1) is 6.92 Å². The average molecular weight is 553 g/mol. The SMILES string of the molecule is CN=C(NCc1ccc(N2CC(C)OC(C)C2)nc1)NCC(C)Oc1ccccc1C.I. The summed E-state index contributed by atoms with van der Waals surface area (Å²) in [6.45, 7) is 11.3. The molecule has 0 amide bonds. The van der Waals surface area contributed by atoms with Crippen molar-refractivity contribution in [3.05, 3.63) is 53.7 Å². The van der Waals surface area contributed by atoms with E-state index < -0.39 is 0 Å². The summed E-state index contributed by atoms with van der Waals surface area (Å²) in [7, 11) is 1.77. The van der Waals surface area contributed by atoms with Crippen LogP contribution < -0.4 is 20.3 Å². The van der Waals surface area contributed by atoms with Crippen molar-refractivity contribution in [1.29, 1.82) is 0 Å². The molecule has 2 aromatic rings. The van der Waals surface area contributed by atoms with Crippen LogP contribution in [0.5, 0.6) is 5.75 Å². The van der Waals surface area contributed by atoms with E-state index >= 15 is 0 Å². The van der Waals surface area contributed by atoms with Crippen LogP contribution in [0.25, 0.3) is 0 Å². The highest BCUT2D eigenvalue weighted by Gasteiger charge is 2.22. The van der Waals surface area contributed by atoms with Gasteiger partial charge in [-0.1, -0.05) is 24.3 Å². The van der Waals surface area contributed by atoms with Crippen molar-refractivity contribution >= 4 is 35.8 Å². The van der Waals surface area contributed by atoms with Crippen molar-refractivity contribution in [2.45, 2.75) is 52.6 Å². The predicted octanol–water partition coefficient (Wildman–Crippen LogP) is 3.75. The van der Waals surface area contributed by atoms with Gasteiger partial charge >= 0.3 is 0 Å². The molecule has 3 atom stereocenters. The van der Waals surface area contributed by atoms with Crippen LogP contribution in [0.1, 0.15) is 31.9 Å². The van der Waals surface area contributed by atoms with E-state index in [1.54, 1.807) is 7.05 Å². The highest BCUT2D eigenvalue weighted by atomic mass is 127. The Hall–Kier alpha value is -2.07. The van der Waals surface area contributed by atoms with Crippen molar-refractivity contribution in [2.75, 3.05) is 31.6 Å². The van der Waals surface area contributed by atoms with Gasteiger partial charge in [-0.2, -0.15) is 0 Å². The average Bonchev–Trinajstić information content (AvgIpc) is 2.75. The molecule has 0 spiro atoms. The van der Waals surface area contributed by atoms with E-state index in [0.717, 1.165) is 41.7 Å². The van der Waals surface area contributed by atoms with Crippen molar-refractivity contribution in [2.24, 2.45) is 4.99 Å². The highest BCUT2D eigenvalue weighted by Crippen LogP contribution is 2.19. The first-order valence-corrected chi connectivity index (χ1v) is 11.0. The topological polar surface area (TPSA) is 71.0 Å². The third-order valence-electron chi connectivity index (χ3n) is 5.22. The number of morpholine rings is 1. The van der Waals surface area contributed by atoms with E-state index in [4.69, 9.17) is 9.47 Å². The predicted molar refractivity (Wildman–Crippen MR) is 141 cm³/mol. The number of aliphatic imine (C=N–C) groups is 1. The van der Waals surface area contributed by atoms with Gasteiger partial charge in [0.15, 0.2) is 5.96 Å². The number of rotatable bonds is 7. The van der Waals surface area contributed by atoms with Gasteiger partial charge in [0, 0.05) is 32.9 Å². The van der Waals surface area contributed by atoms with Crippen molar-refractivity contribution < 1.29 is 9.47 Å². The molecule has 8 heteroatoms. The molecule has 176 valence electrons. The van der Waals surface area contributed by atoms with Gasteiger partial charge in [-0.15, -0.1) is 24.0 Å². The number of hydrogen-bond acceptors (Lipinski definition) is 5. The molecule has 7 nitrogen and oxygen atoms in total. The Morgan fingerprint density at radius 3 is 2.53 bits per heavy atom. The van der Waals surface area contributed by atoms with E-state index in [1.165, 1.54) is 0 Å². The lowest BCUT2D eigenvalue weighted by Gasteiger charge is -2.36. The number of nitrogens with one attached hydrogen (secondary N) is 2. The van der Waals surface area contributed by atoms with Crippen LogP contribution >= 0.6 is 24.0 Å². The summed E-state index contributed by atoms with van der Waals surface area (Å²) in [6.07, 6.45) is 2.38. The first-order valence-electron chi connectivity index (χ1n) is 11.0. The molecule has 1 aliphatic heterocycles. The number of para-hydroxylation sites is 1. The maximum Gasteiger partial charge on any atom is 0.191 e. The zero-order chi connectivity index (χ0) is 22.2. The fraction of sp³-hybridized carbons (Fsp3) is 0.500. The number of aryl methyl sites for hydroxylation is 1. The number of ether oxygens (including phenoxy) is 2. The Labute approximate surface area is 209 Å². The van der Waals surface area contributed by atoms with Crippen molar-refractivity contribution in [1.82, 2.24) is 15.6 Å². The van der Waals surface area contributed by atoms with Crippen molar-refractivity contribution in [3.8, 4) is 5.75 Å². The molecule has 1 fully saturated rings. The molecule has 3 unspecified atom stereocenters. The van der Waals surface area contributed by atoms with Crippen molar-refractivity contribution in [3.63, 3.8) is 0 Å². The number of halogens is 1. The number of anilines is 1. The molecule has 1 saturated heterocycles. The number of guanidine groups is 1. The lowest BCUT2D eigenvalue weighted by molar-refractivity contribution is -0.00545. The maximum atomic E-state index is 6.02. The van der Waals surface area contributed by atoms with E-state index in [-0.39, 0.29) is 42.3 Å². The minimum Gasteiger partial charge on any atom is -0.489 e. The first-order chi connectivity index (χ1) is 14.9. The number of benzene rings is 1. The van der Waals surface area contributed by atoms with Gasteiger partial charge < -0.3 is 25.0 Å². The second-order valence-electron chi connectivity index (χ2n) is 8.19. The zero-order valence-electron chi connectivity index (χ0n) is 19.7. The molecule has 0 radical (unpaired) electrons. The third-order valence-corrected chi connectivity index (χ3v) is 5.22. The van der Waals surface area contributed by atoms with Crippen LogP contribution in [0.4, 0.5) is 5.82 Å². The minimum absolute atomic E-state index is 0. The lowest BCUT2D eigenvalue weighted by atomic mass is 10.2. The quantitative estimate of drug-likeness (QED) is 0.309. The van der Waals surface area contributed by atoms with Gasteiger partial charge in [-0.25, -0.2) is 4.98 Å². The molecule has 3 rings (SSSR count). The molecule has 1 aromatic heterocycles. The second kappa shape index (κ2) is 12.8. The Morgan fingerprint density at radius 2 is 1.91 bits per heavy atom. The Balaban J connectivity index is 0.00000363. The van der Waals surface area contributed by atoms with Crippen LogP contribution in [-0.4, -0.2) is 55.9 Å². The highest BCUT2D eigenvalue weighted by molar-refractivity contribution is 14.0. The normalized spacial score (nSPS) is 19.7. The Bertz CT molecular complexity index is 852. The van der Waals surface area contributed by atoms with E-state index in [2.05, 4.69) is 64.5 Å². The summed E-state index contributed by atoms with van der Waals surface area (Å²) < 4.78 is 11.8. The van der Waals surface area contributed by atoms with Crippen LogP contribution in [0.2, 0.25) is 0 Å². The summed E-state index contributed by atoms with van der Waals surface area (Å²) >= 11 is 0. The fourth-order valence-electron chi connectivity index (χ4n) is 3.67. The molecule has 2 heterocycles. The Morgan fingerprint density at radius 1 is 1.19 bits per heavy atom. The Kier molecular flexibility index (Phi) is 10.5. The first kappa shape index (κ1) is 26.2. The molecule has 32 heavy (non-hydrogen) atoms. The minimum atomic E-state index is 0. The molecular weight excluding hydrogens is 517 g/mol. The van der Waals surface area contributed by atoms with Crippen LogP contribution in [-0.2, 0) is 11.3 Å². The molecule has 1 aliphatic rings. The number of hydrogen-bond donors (Lipinski definition) is 2. The van der Waals surface area contributed by atoms with E-state index in [1.807, 2.05) is 31.3 Å². The fourth-order valence-corrected chi connectivity index (χ4v) is 3.67.